The lowest BCUT2D eigenvalue weighted by molar-refractivity contribution is 0.303. The molecule has 1 aromatic rings. The van der Waals surface area contributed by atoms with E-state index < -0.39 is 0 Å². The van der Waals surface area contributed by atoms with Crippen molar-refractivity contribution in [3.8, 4) is 0 Å². The van der Waals surface area contributed by atoms with E-state index in [1.807, 2.05) is 6.07 Å². The van der Waals surface area contributed by atoms with E-state index in [-0.39, 0.29) is 16.9 Å². The maximum atomic E-state index is 13.3. The average Bonchev–Trinajstić information content (AvgIpc) is 2.36. The highest BCUT2D eigenvalue weighted by Gasteiger charge is 2.21. The summed E-state index contributed by atoms with van der Waals surface area (Å²) in [5.41, 5.74) is 7.06. The van der Waals surface area contributed by atoms with E-state index in [2.05, 4.69) is 0 Å². The fourth-order valence-electron chi connectivity index (χ4n) is 2.69. The summed E-state index contributed by atoms with van der Waals surface area (Å²) in [5, 5.41) is 0.235. The first kappa shape index (κ1) is 12.8. The van der Waals surface area contributed by atoms with Gasteiger partial charge in [-0.3, -0.25) is 0 Å². The van der Waals surface area contributed by atoms with Crippen LogP contribution in [0.1, 0.15) is 37.7 Å². The number of hydrogen-bond acceptors (Lipinski definition) is 1. The normalized spacial score (nSPS) is 19.2. The molecule has 1 aliphatic carbocycles. The van der Waals surface area contributed by atoms with Crippen LogP contribution < -0.4 is 5.73 Å². The summed E-state index contributed by atoms with van der Waals surface area (Å²) >= 11 is 5.95. The monoisotopic (exact) mass is 255 g/mol. The fraction of sp³-hybridized carbons (Fsp3) is 0.571. The van der Waals surface area contributed by atoms with E-state index in [0.717, 1.165) is 5.56 Å². The molecule has 3 heteroatoms. The van der Waals surface area contributed by atoms with Gasteiger partial charge in [0.1, 0.15) is 5.82 Å². The molecule has 17 heavy (non-hydrogen) atoms. The summed E-state index contributed by atoms with van der Waals surface area (Å²) in [6.07, 6.45) is 6.96. The Kier molecular flexibility index (Phi) is 4.41. The number of nitrogens with two attached hydrogens (primary N) is 1. The van der Waals surface area contributed by atoms with Gasteiger partial charge in [-0.25, -0.2) is 4.39 Å². The maximum absolute atomic E-state index is 13.3. The summed E-state index contributed by atoms with van der Waals surface area (Å²) in [6, 6.07) is 5.06. The van der Waals surface area contributed by atoms with Crippen LogP contribution in [0.15, 0.2) is 18.2 Å². The summed E-state index contributed by atoms with van der Waals surface area (Å²) < 4.78 is 13.3. The largest absolute Gasteiger partial charge is 0.327 e. The number of rotatable bonds is 3. The van der Waals surface area contributed by atoms with Gasteiger partial charge in [-0.1, -0.05) is 43.0 Å². The smallest absolute Gasteiger partial charge is 0.142 e. The second-order valence-electron chi connectivity index (χ2n) is 4.98. The third kappa shape index (κ3) is 3.20. The van der Waals surface area contributed by atoms with Gasteiger partial charge >= 0.3 is 0 Å². The van der Waals surface area contributed by atoms with E-state index in [1.165, 1.54) is 38.2 Å². The lowest BCUT2D eigenvalue weighted by Gasteiger charge is -2.27. The molecule has 0 bridgehead atoms. The van der Waals surface area contributed by atoms with Crippen molar-refractivity contribution in [2.75, 3.05) is 0 Å². The minimum Gasteiger partial charge on any atom is -0.327 e. The molecule has 2 rings (SSSR count). The van der Waals surface area contributed by atoms with E-state index in [4.69, 9.17) is 17.3 Å². The molecular formula is C14H19ClFN. The van der Waals surface area contributed by atoms with Crippen LogP contribution >= 0.6 is 11.6 Å². The van der Waals surface area contributed by atoms with Gasteiger partial charge in [0.15, 0.2) is 0 Å². The molecule has 1 aliphatic rings. The topological polar surface area (TPSA) is 26.0 Å². The number of halogens is 2. The van der Waals surface area contributed by atoms with Gasteiger partial charge in [-0.05, 0) is 36.8 Å². The number of hydrogen-bond donors (Lipinski definition) is 1. The molecule has 1 fully saturated rings. The van der Waals surface area contributed by atoms with Crippen molar-refractivity contribution >= 4 is 11.6 Å². The van der Waals surface area contributed by atoms with E-state index >= 15 is 0 Å². The van der Waals surface area contributed by atoms with Crippen molar-refractivity contribution in [1.82, 2.24) is 0 Å². The molecule has 94 valence electrons. The van der Waals surface area contributed by atoms with E-state index in [9.17, 15) is 4.39 Å². The summed E-state index contributed by atoms with van der Waals surface area (Å²) in [4.78, 5) is 0. The summed E-state index contributed by atoms with van der Waals surface area (Å²) in [5.74, 6) is 0.225. The fourth-order valence-corrected chi connectivity index (χ4v) is 2.89. The SMILES string of the molecule is NC(Cc1cccc(F)c1Cl)C1CCCCC1. The van der Waals surface area contributed by atoms with Crippen molar-refractivity contribution in [3.63, 3.8) is 0 Å². The molecule has 0 radical (unpaired) electrons. The molecule has 1 atom stereocenters. The van der Waals surface area contributed by atoms with Gasteiger partial charge in [0.05, 0.1) is 5.02 Å². The highest BCUT2D eigenvalue weighted by Crippen LogP contribution is 2.28. The Bertz CT molecular complexity index is 374. The van der Waals surface area contributed by atoms with Crippen molar-refractivity contribution in [2.45, 2.75) is 44.6 Å². The molecule has 1 saturated carbocycles. The Labute approximate surface area is 107 Å². The molecule has 1 unspecified atom stereocenters. The maximum Gasteiger partial charge on any atom is 0.142 e. The minimum absolute atomic E-state index is 0.106. The lowest BCUT2D eigenvalue weighted by Crippen LogP contribution is -2.33. The van der Waals surface area contributed by atoms with Crippen molar-refractivity contribution < 1.29 is 4.39 Å². The van der Waals surface area contributed by atoms with Crippen molar-refractivity contribution in [1.29, 1.82) is 0 Å². The van der Waals surface area contributed by atoms with Crippen molar-refractivity contribution in [3.05, 3.63) is 34.6 Å². The molecule has 0 amide bonds. The van der Waals surface area contributed by atoms with Gasteiger partial charge in [0, 0.05) is 6.04 Å². The van der Waals surface area contributed by atoms with E-state index in [1.54, 1.807) is 6.07 Å². The van der Waals surface area contributed by atoms with Gasteiger partial charge in [0.2, 0.25) is 0 Å². The highest BCUT2D eigenvalue weighted by atomic mass is 35.5. The predicted molar refractivity (Wildman–Crippen MR) is 69.7 cm³/mol. The van der Waals surface area contributed by atoms with Crippen LogP contribution in [0.25, 0.3) is 0 Å². The van der Waals surface area contributed by atoms with Crippen LogP contribution in [0.3, 0.4) is 0 Å². The zero-order valence-corrected chi connectivity index (χ0v) is 10.7. The molecule has 0 heterocycles. The Morgan fingerprint density at radius 2 is 2.00 bits per heavy atom. The minimum atomic E-state index is -0.347. The molecule has 2 N–H and O–H groups in total. The lowest BCUT2D eigenvalue weighted by atomic mass is 9.82. The third-order valence-corrected chi connectivity index (χ3v) is 4.17. The van der Waals surface area contributed by atoms with Crippen LogP contribution in [-0.4, -0.2) is 6.04 Å². The zero-order valence-electron chi connectivity index (χ0n) is 9.96. The highest BCUT2D eigenvalue weighted by molar-refractivity contribution is 6.31. The van der Waals surface area contributed by atoms with Crippen LogP contribution in [0.5, 0.6) is 0 Å². The first-order valence-corrected chi connectivity index (χ1v) is 6.74. The molecule has 0 saturated heterocycles. The Morgan fingerprint density at radius 3 is 2.71 bits per heavy atom. The quantitative estimate of drug-likeness (QED) is 0.870. The Hall–Kier alpha value is -0.600. The number of benzene rings is 1. The standard InChI is InChI=1S/C14H19ClFN/c15-14-11(7-4-8-12(14)16)9-13(17)10-5-2-1-3-6-10/h4,7-8,10,13H,1-3,5-6,9,17H2. The Balaban J connectivity index is 2.01. The predicted octanol–water partition coefficient (Wildman–Crippen LogP) is 3.93. The zero-order chi connectivity index (χ0) is 12.3. The molecule has 0 aromatic heterocycles. The second-order valence-corrected chi connectivity index (χ2v) is 5.36. The molecule has 1 nitrogen and oxygen atoms in total. The van der Waals surface area contributed by atoms with E-state index in [0.29, 0.717) is 12.3 Å². The molecule has 1 aromatic carbocycles. The van der Waals surface area contributed by atoms with Crippen LogP contribution in [0, 0.1) is 11.7 Å². The van der Waals surface area contributed by atoms with Crippen molar-refractivity contribution in [2.24, 2.45) is 11.7 Å². The van der Waals surface area contributed by atoms with Gasteiger partial charge in [-0.15, -0.1) is 0 Å². The van der Waals surface area contributed by atoms with Crippen LogP contribution in [0.4, 0.5) is 4.39 Å². The average molecular weight is 256 g/mol. The first-order chi connectivity index (χ1) is 8.18. The van der Waals surface area contributed by atoms with Gasteiger partial charge in [0.25, 0.3) is 0 Å². The molecule has 0 aliphatic heterocycles. The Morgan fingerprint density at radius 1 is 1.29 bits per heavy atom. The molecule has 0 spiro atoms. The van der Waals surface area contributed by atoms with Crippen LogP contribution in [0.2, 0.25) is 5.02 Å². The third-order valence-electron chi connectivity index (χ3n) is 3.74. The molecular weight excluding hydrogens is 237 g/mol. The summed E-state index contributed by atoms with van der Waals surface area (Å²) in [6.45, 7) is 0. The first-order valence-electron chi connectivity index (χ1n) is 6.37. The van der Waals surface area contributed by atoms with Gasteiger partial charge < -0.3 is 5.73 Å². The second kappa shape index (κ2) is 5.83. The van der Waals surface area contributed by atoms with Crippen LogP contribution in [-0.2, 0) is 6.42 Å². The van der Waals surface area contributed by atoms with Gasteiger partial charge in [-0.2, -0.15) is 0 Å². The summed E-state index contributed by atoms with van der Waals surface area (Å²) in [7, 11) is 0.